The number of ether oxygens (including phenoxy) is 1. The van der Waals surface area contributed by atoms with Gasteiger partial charge in [0.2, 0.25) is 0 Å². The number of hydrogen-bond donors (Lipinski definition) is 0. The lowest BCUT2D eigenvalue weighted by molar-refractivity contribution is 0.290. The summed E-state index contributed by atoms with van der Waals surface area (Å²) in [6.07, 6.45) is 5.04. The summed E-state index contributed by atoms with van der Waals surface area (Å²) < 4.78 is 7.51. The van der Waals surface area contributed by atoms with Crippen molar-refractivity contribution < 1.29 is 4.74 Å². The third-order valence-electron chi connectivity index (χ3n) is 3.80. The fraction of sp³-hybridized carbons (Fsp3) is 0.111. The number of pyridine rings is 1. The van der Waals surface area contributed by atoms with Gasteiger partial charge in [0.1, 0.15) is 18.4 Å². The highest BCUT2D eigenvalue weighted by Gasteiger charge is 2.03. The van der Waals surface area contributed by atoms with Crippen LogP contribution in [0.3, 0.4) is 0 Å². The second kappa shape index (κ2) is 5.97. The van der Waals surface area contributed by atoms with Crippen molar-refractivity contribution in [1.82, 2.24) is 20.0 Å². The molecule has 0 N–H and O–H groups in total. The van der Waals surface area contributed by atoms with Gasteiger partial charge in [-0.3, -0.25) is 4.98 Å². The van der Waals surface area contributed by atoms with Crippen LogP contribution in [0.2, 0.25) is 0 Å². The van der Waals surface area contributed by atoms with Crippen molar-refractivity contribution in [1.29, 1.82) is 5.26 Å². The van der Waals surface area contributed by atoms with E-state index in [1.165, 1.54) is 0 Å². The molecule has 6 heteroatoms. The third kappa shape index (κ3) is 2.75. The first-order valence-corrected chi connectivity index (χ1v) is 7.52. The Kier molecular flexibility index (Phi) is 3.52. The summed E-state index contributed by atoms with van der Waals surface area (Å²) in [5, 5.41) is 19.7. The lowest BCUT2D eigenvalue weighted by Gasteiger charge is -2.08. The van der Waals surface area contributed by atoms with E-state index in [1.807, 2.05) is 36.4 Å². The number of hydrogen-bond acceptors (Lipinski definition) is 5. The maximum atomic E-state index is 8.98. The second-order valence-electron chi connectivity index (χ2n) is 5.40. The van der Waals surface area contributed by atoms with Crippen LogP contribution in [0.15, 0.2) is 55.0 Å². The molecule has 0 aliphatic heterocycles. The van der Waals surface area contributed by atoms with E-state index < -0.39 is 0 Å². The van der Waals surface area contributed by atoms with Crippen molar-refractivity contribution in [3.8, 4) is 11.8 Å². The van der Waals surface area contributed by atoms with Crippen molar-refractivity contribution in [2.45, 2.75) is 6.54 Å². The number of benzene rings is 2. The molecule has 0 amide bonds. The Morgan fingerprint density at radius 1 is 1.08 bits per heavy atom. The smallest absolute Gasteiger partial charge is 0.120 e. The summed E-state index contributed by atoms with van der Waals surface area (Å²) in [7, 11) is 0. The van der Waals surface area contributed by atoms with Gasteiger partial charge in [0.25, 0.3) is 0 Å². The number of nitriles is 1. The van der Waals surface area contributed by atoms with Crippen molar-refractivity contribution in [2.75, 3.05) is 6.61 Å². The van der Waals surface area contributed by atoms with E-state index in [9.17, 15) is 0 Å². The first kappa shape index (κ1) is 14.2. The van der Waals surface area contributed by atoms with E-state index in [-0.39, 0.29) is 0 Å². The highest BCUT2D eigenvalue weighted by molar-refractivity contribution is 5.97. The van der Waals surface area contributed by atoms with Crippen LogP contribution >= 0.6 is 0 Å². The maximum Gasteiger partial charge on any atom is 0.120 e. The van der Waals surface area contributed by atoms with Crippen LogP contribution in [-0.2, 0) is 6.54 Å². The maximum absolute atomic E-state index is 8.98. The fourth-order valence-electron chi connectivity index (χ4n) is 2.61. The molecule has 116 valence electrons. The summed E-state index contributed by atoms with van der Waals surface area (Å²) in [6, 6.07) is 14.0. The molecular weight excluding hydrogens is 302 g/mol. The van der Waals surface area contributed by atoms with Crippen LogP contribution in [0, 0.1) is 11.3 Å². The lowest BCUT2D eigenvalue weighted by atomic mass is 10.1. The molecule has 2 heterocycles. The minimum Gasteiger partial charge on any atom is -0.492 e. The van der Waals surface area contributed by atoms with Gasteiger partial charge in [0, 0.05) is 17.8 Å². The molecule has 2 aromatic heterocycles. The fourth-order valence-corrected chi connectivity index (χ4v) is 2.61. The van der Waals surface area contributed by atoms with E-state index >= 15 is 0 Å². The summed E-state index contributed by atoms with van der Waals surface area (Å²) in [5.74, 6) is 0.801. The number of rotatable bonds is 4. The number of aromatic nitrogens is 4. The molecule has 0 atom stereocenters. The summed E-state index contributed by atoms with van der Waals surface area (Å²) in [5.41, 5.74) is 1.43. The van der Waals surface area contributed by atoms with Gasteiger partial charge in [-0.2, -0.15) is 5.26 Å². The first-order chi connectivity index (χ1) is 11.8. The molecule has 0 unspecified atom stereocenters. The number of fused-ring (bicyclic) bond motifs is 2. The molecule has 0 fully saturated rings. The lowest BCUT2D eigenvalue weighted by Crippen LogP contribution is -2.08. The van der Waals surface area contributed by atoms with Gasteiger partial charge in [-0.25, -0.2) is 4.68 Å². The van der Waals surface area contributed by atoms with E-state index in [2.05, 4.69) is 21.4 Å². The molecule has 2 aromatic carbocycles. The minimum absolute atomic E-state index is 0.520. The molecule has 0 bridgehead atoms. The van der Waals surface area contributed by atoms with Gasteiger partial charge in [0.05, 0.1) is 23.8 Å². The molecule has 4 rings (SSSR count). The molecule has 0 radical (unpaired) electrons. The third-order valence-corrected chi connectivity index (χ3v) is 3.80. The quantitative estimate of drug-likeness (QED) is 0.541. The molecule has 4 aromatic rings. The average molecular weight is 315 g/mol. The van der Waals surface area contributed by atoms with E-state index in [0.29, 0.717) is 18.7 Å². The zero-order valence-corrected chi connectivity index (χ0v) is 12.8. The molecular formula is C18H13N5O. The molecule has 24 heavy (non-hydrogen) atoms. The van der Waals surface area contributed by atoms with Crippen molar-refractivity contribution in [2.24, 2.45) is 0 Å². The Morgan fingerprint density at radius 2 is 2.04 bits per heavy atom. The van der Waals surface area contributed by atoms with E-state index in [0.717, 1.165) is 27.4 Å². The molecule has 0 aliphatic carbocycles. The van der Waals surface area contributed by atoms with Crippen LogP contribution in [0.1, 0.15) is 5.56 Å². The zero-order chi connectivity index (χ0) is 16.4. The van der Waals surface area contributed by atoms with E-state index in [1.54, 1.807) is 23.3 Å². The molecule has 0 saturated carbocycles. The summed E-state index contributed by atoms with van der Waals surface area (Å²) in [6.45, 7) is 1.17. The SMILES string of the molecule is N#Cc1cnc2cc3cc(OCCn4ccnn4)ccc3cc2c1. The molecule has 0 spiro atoms. The van der Waals surface area contributed by atoms with Gasteiger partial charge >= 0.3 is 0 Å². The molecule has 0 saturated heterocycles. The monoisotopic (exact) mass is 315 g/mol. The van der Waals surface area contributed by atoms with Gasteiger partial charge in [0.15, 0.2) is 0 Å². The number of nitrogens with zero attached hydrogens (tertiary/aromatic N) is 5. The topological polar surface area (TPSA) is 76.6 Å². The van der Waals surface area contributed by atoms with E-state index in [4.69, 9.17) is 10.00 Å². The van der Waals surface area contributed by atoms with Gasteiger partial charge < -0.3 is 4.74 Å². The normalized spacial score (nSPS) is 10.8. The first-order valence-electron chi connectivity index (χ1n) is 7.52. The minimum atomic E-state index is 0.520. The van der Waals surface area contributed by atoms with Crippen molar-refractivity contribution in [3.05, 3.63) is 60.6 Å². The summed E-state index contributed by atoms with van der Waals surface area (Å²) >= 11 is 0. The Labute approximate surface area is 137 Å². The molecule has 0 aliphatic rings. The summed E-state index contributed by atoms with van der Waals surface area (Å²) in [4.78, 5) is 4.35. The van der Waals surface area contributed by atoms with Crippen LogP contribution in [0.4, 0.5) is 0 Å². The molecule has 6 nitrogen and oxygen atoms in total. The zero-order valence-electron chi connectivity index (χ0n) is 12.8. The highest BCUT2D eigenvalue weighted by atomic mass is 16.5. The van der Waals surface area contributed by atoms with Crippen molar-refractivity contribution in [3.63, 3.8) is 0 Å². The van der Waals surface area contributed by atoms with Gasteiger partial charge in [-0.15, -0.1) is 5.10 Å². The Hall–Kier alpha value is -3.46. The Morgan fingerprint density at radius 3 is 2.88 bits per heavy atom. The largest absolute Gasteiger partial charge is 0.492 e. The van der Waals surface area contributed by atoms with Gasteiger partial charge in [-0.1, -0.05) is 11.3 Å². The average Bonchev–Trinajstić information content (AvgIpc) is 3.13. The predicted octanol–water partition coefficient (Wildman–Crippen LogP) is 2.93. The highest BCUT2D eigenvalue weighted by Crippen LogP contribution is 2.25. The standard InChI is InChI=1S/C18H13N5O/c19-11-13-7-16-8-14-1-2-17(9-15(14)10-18(16)20-12-13)24-6-5-23-4-3-21-22-23/h1-4,7-10,12H,5-6H2. The van der Waals surface area contributed by atoms with Crippen LogP contribution in [0.25, 0.3) is 21.7 Å². The predicted molar refractivity (Wildman–Crippen MR) is 89.5 cm³/mol. The van der Waals surface area contributed by atoms with Gasteiger partial charge in [-0.05, 0) is 41.1 Å². The van der Waals surface area contributed by atoms with Crippen LogP contribution in [0.5, 0.6) is 5.75 Å². The van der Waals surface area contributed by atoms with Crippen LogP contribution < -0.4 is 4.74 Å². The Balaban J connectivity index is 1.60. The Bertz CT molecular complexity index is 1050. The van der Waals surface area contributed by atoms with Crippen molar-refractivity contribution >= 4 is 21.7 Å². The van der Waals surface area contributed by atoms with Crippen LogP contribution in [-0.4, -0.2) is 26.6 Å². The second-order valence-corrected chi connectivity index (χ2v) is 5.40.